The van der Waals surface area contributed by atoms with E-state index < -0.39 is 11.9 Å². The largest absolute Gasteiger partial charge is 0.489 e. The van der Waals surface area contributed by atoms with Gasteiger partial charge >= 0.3 is 0 Å². The van der Waals surface area contributed by atoms with Crippen molar-refractivity contribution in [2.24, 2.45) is 0 Å². The quantitative estimate of drug-likeness (QED) is 0.658. The molecule has 2 N–H and O–H groups in total. The van der Waals surface area contributed by atoms with E-state index in [0.717, 1.165) is 42.7 Å². The molecular formula is C25H28N4O4. The van der Waals surface area contributed by atoms with Gasteiger partial charge in [0, 0.05) is 43.5 Å². The average molecular weight is 449 g/mol. The summed E-state index contributed by atoms with van der Waals surface area (Å²) >= 11 is 0. The number of aromatic nitrogens is 1. The number of amides is 3. The summed E-state index contributed by atoms with van der Waals surface area (Å²) < 4.78 is 6.40. The van der Waals surface area contributed by atoms with Crippen molar-refractivity contribution in [2.45, 2.75) is 69.8 Å². The lowest BCUT2D eigenvalue weighted by atomic mass is 9.92. The van der Waals surface area contributed by atoms with Crippen LogP contribution in [0.1, 0.15) is 60.0 Å². The number of carbonyl (C=O) groups is 3. The highest BCUT2D eigenvalue weighted by atomic mass is 16.5. The van der Waals surface area contributed by atoms with E-state index in [4.69, 9.17) is 4.74 Å². The van der Waals surface area contributed by atoms with Crippen molar-refractivity contribution >= 4 is 17.7 Å². The smallest absolute Gasteiger partial charge is 0.255 e. The van der Waals surface area contributed by atoms with Gasteiger partial charge < -0.3 is 15.0 Å². The van der Waals surface area contributed by atoms with Gasteiger partial charge in [0.25, 0.3) is 5.91 Å². The van der Waals surface area contributed by atoms with Crippen LogP contribution in [0.5, 0.6) is 5.75 Å². The Hall–Kier alpha value is -3.26. The molecule has 2 aliphatic heterocycles. The van der Waals surface area contributed by atoms with Gasteiger partial charge in [-0.1, -0.05) is 12.5 Å². The number of piperidine rings is 1. The van der Waals surface area contributed by atoms with E-state index in [1.54, 1.807) is 17.2 Å². The maximum Gasteiger partial charge on any atom is 0.255 e. The van der Waals surface area contributed by atoms with E-state index in [0.29, 0.717) is 18.5 Å². The molecule has 5 rings (SSSR count). The predicted octanol–water partition coefficient (Wildman–Crippen LogP) is 2.32. The lowest BCUT2D eigenvalue weighted by Crippen LogP contribution is -2.52. The summed E-state index contributed by atoms with van der Waals surface area (Å²) in [5, 5.41) is 5.97. The summed E-state index contributed by atoms with van der Waals surface area (Å²) in [7, 11) is 0. The Balaban J connectivity index is 1.25. The van der Waals surface area contributed by atoms with Crippen molar-refractivity contribution in [2.75, 3.05) is 0 Å². The summed E-state index contributed by atoms with van der Waals surface area (Å²) in [4.78, 5) is 42.4. The molecule has 33 heavy (non-hydrogen) atoms. The molecule has 1 aromatic carbocycles. The Morgan fingerprint density at radius 1 is 1.12 bits per heavy atom. The summed E-state index contributed by atoms with van der Waals surface area (Å²) in [6, 6.07) is 9.20. The van der Waals surface area contributed by atoms with E-state index in [1.807, 2.05) is 24.4 Å². The summed E-state index contributed by atoms with van der Waals surface area (Å²) in [6.07, 6.45) is 8.64. The Kier molecular flexibility index (Phi) is 6.09. The number of hydrogen-bond acceptors (Lipinski definition) is 6. The minimum absolute atomic E-state index is 0.0526. The molecule has 1 aromatic heterocycles. The van der Waals surface area contributed by atoms with Crippen LogP contribution in [-0.4, -0.2) is 45.8 Å². The molecule has 3 aliphatic rings. The zero-order valence-electron chi connectivity index (χ0n) is 18.5. The molecule has 8 heteroatoms. The molecule has 3 atom stereocenters. The van der Waals surface area contributed by atoms with Crippen LogP contribution < -0.4 is 15.4 Å². The van der Waals surface area contributed by atoms with Gasteiger partial charge in [-0.3, -0.25) is 24.7 Å². The van der Waals surface area contributed by atoms with E-state index in [-0.39, 0.29) is 30.4 Å². The number of hydrogen-bond donors (Lipinski definition) is 2. The van der Waals surface area contributed by atoms with Gasteiger partial charge in [-0.05, 0) is 61.1 Å². The fourth-order valence-corrected chi connectivity index (χ4v) is 5.02. The van der Waals surface area contributed by atoms with E-state index >= 15 is 0 Å². The van der Waals surface area contributed by atoms with Crippen LogP contribution in [0.25, 0.3) is 0 Å². The van der Waals surface area contributed by atoms with Crippen molar-refractivity contribution in [3.8, 4) is 5.75 Å². The van der Waals surface area contributed by atoms with Crippen LogP contribution in [0.2, 0.25) is 0 Å². The lowest BCUT2D eigenvalue weighted by Gasteiger charge is -2.32. The van der Waals surface area contributed by atoms with Gasteiger partial charge in [-0.2, -0.15) is 0 Å². The van der Waals surface area contributed by atoms with E-state index in [1.165, 1.54) is 6.42 Å². The van der Waals surface area contributed by atoms with E-state index in [2.05, 4.69) is 21.7 Å². The maximum absolute atomic E-state index is 12.9. The van der Waals surface area contributed by atoms with Crippen LogP contribution in [0.3, 0.4) is 0 Å². The fourth-order valence-electron chi connectivity index (χ4n) is 5.02. The molecule has 1 saturated carbocycles. The van der Waals surface area contributed by atoms with Crippen LogP contribution in [0.4, 0.5) is 0 Å². The van der Waals surface area contributed by atoms with E-state index in [9.17, 15) is 14.4 Å². The Bertz CT molecular complexity index is 1060. The highest BCUT2D eigenvalue weighted by Crippen LogP contribution is 2.32. The lowest BCUT2D eigenvalue weighted by molar-refractivity contribution is -0.136. The monoisotopic (exact) mass is 448 g/mol. The van der Waals surface area contributed by atoms with Crippen LogP contribution >= 0.6 is 0 Å². The first-order valence-electron chi connectivity index (χ1n) is 11.6. The first-order valence-corrected chi connectivity index (χ1v) is 11.6. The van der Waals surface area contributed by atoms with Gasteiger partial charge in [-0.15, -0.1) is 0 Å². The topological polar surface area (TPSA) is 101 Å². The van der Waals surface area contributed by atoms with Gasteiger partial charge in [0.1, 0.15) is 17.9 Å². The third-order valence-electron chi connectivity index (χ3n) is 6.78. The minimum Gasteiger partial charge on any atom is -0.489 e. The summed E-state index contributed by atoms with van der Waals surface area (Å²) in [5.74, 6) is -0.102. The van der Waals surface area contributed by atoms with Crippen LogP contribution in [-0.2, 0) is 22.7 Å². The molecule has 0 bridgehead atoms. The first-order chi connectivity index (χ1) is 16.1. The molecule has 1 aliphatic carbocycles. The number of rotatable bonds is 6. The molecule has 2 fully saturated rings. The summed E-state index contributed by atoms with van der Waals surface area (Å²) in [5.41, 5.74) is 2.60. The normalized spacial score (nSPS) is 25.0. The molecule has 3 amide bonds. The average Bonchev–Trinajstić information content (AvgIpc) is 3.14. The Morgan fingerprint density at radius 3 is 2.82 bits per heavy atom. The van der Waals surface area contributed by atoms with Gasteiger partial charge in [0.2, 0.25) is 11.8 Å². The second kappa shape index (κ2) is 9.31. The number of nitrogens with zero attached hydrogens (tertiary/aromatic N) is 2. The molecule has 1 saturated heterocycles. The zero-order chi connectivity index (χ0) is 22.8. The molecule has 8 nitrogen and oxygen atoms in total. The Morgan fingerprint density at radius 2 is 2.00 bits per heavy atom. The van der Waals surface area contributed by atoms with Gasteiger partial charge in [0.15, 0.2) is 0 Å². The molecule has 172 valence electrons. The third kappa shape index (κ3) is 4.61. The number of nitrogens with one attached hydrogen (secondary N) is 2. The Labute approximate surface area is 192 Å². The first kappa shape index (κ1) is 21.6. The molecule has 2 aromatic rings. The van der Waals surface area contributed by atoms with Crippen molar-refractivity contribution in [1.29, 1.82) is 0 Å². The number of benzene rings is 1. The molecule has 3 unspecified atom stereocenters. The molecule has 3 heterocycles. The van der Waals surface area contributed by atoms with Gasteiger partial charge in [-0.25, -0.2) is 0 Å². The molecular weight excluding hydrogens is 420 g/mol. The van der Waals surface area contributed by atoms with Crippen molar-refractivity contribution < 1.29 is 19.1 Å². The predicted molar refractivity (Wildman–Crippen MR) is 120 cm³/mol. The third-order valence-corrected chi connectivity index (χ3v) is 6.78. The standard InChI is InChI=1S/C25H28N4O4/c30-23-10-9-21(24(31)28-23)29-15-17-12-18(7-8-19(17)25(29)32)33-22-6-2-1-5-20(22)27-14-16-4-3-11-26-13-16/h3-4,7-8,11-13,20-22,27H,1-2,5-6,9-10,14-15H2,(H,28,30,31). The second-order valence-corrected chi connectivity index (χ2v) is 9.01. The number of ether oxygens (including phenoxy) is 1. The van der Waals surface area contributed by atoms with Crippen molar-refractivity contribution in [3.05, 3.63) is 59.4 Å². The van der Waals surface area contributed by atoms with Crippen molar-refractivity contribution in [3.63, 3.8) is 0 Å². The second-order valence-electron chi connectivity index (χ2n) is 9.01. The van der Waals surface area contributed by atoms with Gasteiger partial charge in [0.05, 0.1) is 0 Å². The molecule has 0 radical (unpaired) electrons. The van der Waals surface area contributed by atoms with Crippen molar-refractivity contribution in [1.82, 2.24) is 20.5 Å². The minimum atomic E-state index is -0.605. The van der Waals surface area contributed by atoms with Crippen LogP contribution in [0.15, 0.2) is 42.7 Å². The fraction of sp³-hybridized carbons (Fsp3) is 0.440. The number of pyridine rings is 1. The number of carbonyl (C=O) groups excluding carboxylic acids is 3. The summed E-state index contributed by atoms with van der Waals surface area (Å²) in [6.45, 7) is 1.10. The SMILES string of the molecule is O=C1CCC(N2Cc3cc(OC4CCCCC4NCc4cccnc4)ccc3C2=O)C(=O)N1. The highest BCUT2D eigenvalue weighted by molar-refractivity contribution is 6.05. The number of imide groups is 1. The zero-order valence-corrected chi connectivity index (χ0v) is 18.5. The van der Waals surface area contributed by atoms with Crippen LogP contribution in [0, 0.1) is 0 Å². The molecule has 0 spiro atoms. The highest BCUT2D eigenvalue weighted by Gasteiger charge is 2.39. The number of fused-ring (bicyclic) bond motifs is 1. The maximum atomic E-state index is 12.9.